The number of halogens is 4. The number of hydrogen-bond donors (Lipinski definition) is 1. The molecule has 0 saturated carbocycles. The summed E-state index contributed by atoms with van der Waals surface area (Å²) in [6, 6.07) is 11.9. The summed E-state index contributed by atoms with van der Waals surface area (Å²) in [5.74, 6) is -0.518. The molecule has 158 valence electrons. The molecule has 0 spiro atoms. The van der Waals surface area contributed by atoms with Gasteiger partial charge in [0.25, 0.3) is 0 Å². The average molecular weight is 440 g/mol. The number of sulfone groups is 1. The molecule has 1 aromatic heterocycles. The first-order valence-electron chi connectivity index (χ1n) is 8.52. The molecule has 3 aromatic rings. The van der Waals surface area contributed by atoms with E-state index in [0.717, 1.165) is 18.4 Å². The highest BCUT2D eigenvalue weighted by Gasteiger charge is 2.40. The van der Waals surface area contributed by atoms with Gasteiger partial charge in [0, 0.05) is 23.2 Å². The fraction of sp³-hybridized carbons (Fsp3) is 0.150. The topological polar surface area (TPSA) is 71.7 Å². The fourth-order valence-corrected chi connectivity index (χ4v) is 3.75. The zero-order chi connectivity index (χ0) is 22.3. The molecule has 0 aliphatic carbocycles. The van der Waals surface area contributed by atoms with Crippen LogP contribution in [0.2, 0.25) is 0 Å². The molecule has 0 unspecified atom stereocenters. The van der Waals surface area contributed by atoms with Crippen LogP contribution in [0.1, 0.15) is 11.3 Å². The summed E-state index contributed by atoms with van der Waals surface area (Å²) in [6.07, 6.45) is -3.87. The molecular formula is C20H16F4N2O3S. The van der Waals surface area contributed by atoms with Crippen molar-refractivity contribution in [2.45, 2.75) is 18.0 Å². The minimum absolute atomic E-state index is 0.0518. The summed E-state index contributed by atoms with van der Waals surface area (Å²) >= 11 is 0. The first kappa shape index (κ1) is 21.6. The number of oxime groups is 1. The lowest BCUT2D eigenvalue weighted by Gasteiger charge is -2.13. The van der Waals surface area contributed by atoms with Crippen molar-refractivity contribution < 1.29 is 31.2 Å². The van der Waals surface area contributed by atoms with Crippen LogP contribution in [-0.4, -0.2) is 36.3 Å². The molecule has 0 bridgehead atoms. The quantitative estimate of drug-likeness (QED) is 0.276. The Morgan fingerprint density at radius 1 is 1.03 bits per heavy atom. The first-order valence-corrected chi connectivity index (χ1v) is 10.4. The Balaban J connectivity index is 2.28. The Morgan fingerprint density at radius 2 is 1.60 bits per heavy atom. The second-order valence-corrected chi connectivity index (χ2v) is 8.60. The monoisotopic (exact) mass is 440 g/mol. The van der Waals surface area contributed by atoms with Crippen molar-refractivity contribution in [3.05, 3.63) is 71.7 Å². The lowest BCUT2D eigenvalue weighted by Crippen LogP contribution is -2.24. The Kier molecular flexibility index (Phi) is 5.46. The highest BCUT2D eigenvalue weighted by Crippen LogP contribution is 2.34. The van der Waals surface area contributed by atoms with Crippen molar-refractivity contribution in [3.63, 3.8) is 0 Å². The molecule has 3 rings (SSSR count). The molecule has 0 radical (unpaired) electrons. The van der Waals surface area contributed by atoms with Gasteiger partial charge >= 0.3 is 6.18 Å². The molecule has 0 saturated heterocycles. The van der Waals surface area contributed by atoms with Crippen molar-refractivity contribution in [2.75, 3.05) is 6.26 Å². The summed E-state index contributed by atoms with van der Waals surface area (Å²) in [6.45, 7) is 1.41. The minimum Gasteiger partial charge on any atom is -0.410 e. The van der Waals surface area contributed by atoms with Gasteiger partial charge in [-0.2, -0.15) is 13.2 Å². The van der Waals surface area contributed by atoms with E-state index in [4.69, 9.17) is 5.21 Å². The zero-order valence-corrected chi connectivity index (χ0v) is 16.6. The van der Waals surface area contributed by atoms with Crippen molar-refractivity contribution in [3.8, 4) is 16.9 Å². The number of nitrogens with zero attached hydrogens (tertiary/aromatic N) is 2. The van der Waals surface area contributed by atoms with E-state index in [1.165, 1.54) is 54.0 Å². The number of hydrogen-bond acceptors (Lipinski definition) is 4. The maximum absolute atomic E-state index is 13.4. The van der Waals surface area contributed by atoms with Crippen LogP contribution in [0.3, 0.4) is 0 Å². The van der Waals surface area contributed by atoms with Gasteiger partial charge in [0.05, 0.1) is 10.6 Å². The van der Waals surface area contributed by atoms with E-state index in [2.05, 4.69) is 5.16 Å². The highest BCUT2D eigenvalue weighted by atomic mass is 32.2. The molecule has 0 aliphatic heterocycles. The maximum Gasteiger partial charge on any atom is 0.437 e. The second-order valence-electron chi connectivity index (χ2n) is 6.58. The third-order valence-corrected chi connectivity index (χ3v) is 5.66. The van der Waals surface area contributed by atoms with Crippen molar-refractivity contribution in [2.24, 2.45) is 5.16 Å². The average Bonchev–Trinajstić information content (AvgIpc) is 2.98. The number of alkyl halides is 3. The van der Waals surface area contributed by atoms with Crippen LogP contribution >= 0.6 is 0 Å². The normalized spacial score (nSPS) is 12.9. The predicted octanol–water partition coefficient (Wildman–Crippen LogP) is 4.74. The summed E-state index contributed by atoms with van der Waals surface area (Å²) in [7, 11) is -3.46. The molecule has 0 amide bonds. The lowest BCUT2D eigenvalue weighted by molar-refractivity contribution is -0.0601. The molecule has 1 heterocycles. The lowest BCUT2D eigenvalue weighted by atomic mass is 10.1. The number of rotatable bonds is 4. The third kappa shape index (κ3) is 4.09. The van der Waals surface area contributed by atoms with E-state index < -0.39 is 27.5 Å². The molecule has 0 atom stereocenters. The maximum atomic E-state index is 13.4. The summed E-state index contributed by atoms with van der Waals surface area (Å²) in [5.41, 5.74) is -0.665. The number of benzene rings is 2. The summed E-state index contributed by atoms with van der Waals surface area (Å²) < 4.78 is 78.2. The van der Waals surface area contributed by atoms with Crippen LogP contribution in [-0.2, 0) is 9.84 Å². The molecule has 0 aliphatic rings. The Morgan fingerprint density at radius 3 is 2.07 bits per heavy atom. The molecule has 0 fully saturated rings. The molecule has 5 nitrogen and oxygen atoms in total. The van der Waals surface area contributed by atoms with Gasteiger partial charge in [-0.15, -0.1) is 0 Å². The zero-order valence-electron chi connectivity index (χ0n) is 15.8. The predicted molar refractivity (Wildman–Crippen MR) is 103 cm³/mol. The van der Waals surface area contributed by atoms with Gasteiger partial charge in [0.1, 0.15) is 5.82 Å². The van der Waals surface area contributed by atoms with Crippen LogP contribution in [0.15, 0.2) is 64.6 Å². The van der Waals surface area contributed by atoms with Crippen molar-refractivity contribution in [1.29, 1.82) is 0 Å². The summed E-state index contributed by atoms with van der Waals surface area (Å²) in [5, 5.41) is 11.4. The highest BCUT2D eigenvalue weighted by molar-refractivity contribution is 7.90. The standard InChI is InChI=1S/C20H16F4N2O3S/c1-12-17(19(25-27)20(22,23)24)11-18(26(12)15-7-5-14(21)6-8-15)13-3-9-16(10-4-13)30(2,28)29/h3-11,27H,1-2H3/b25-19+. The first-order chi connectivity index (χ1) is 13.9. The largest absolute Gasteiger partial charge is 0.437 e. The van der Waals surface area contributed by atoms with Gasteiger partial charge in [-0.05, 0) is 55.0 Å². The van der Waals surface area contributed by atoms with Crippen LogP contribution in [0.25, 0.3) is 16.9 Å². The van der Waals surface area contributed by atoms with Crippen LogP contribution in [0.4, 0.5) is 17.6 Å². The van der Waals surface area contributed by atoms with Gasteiger partial charge in [0.2, 0.25) is 0 Å². The third-order valence-electron chi connectivity index (χ3n) is 4.53. The Hall–Kier alpha value is -3.14. The van der Waals surface area contributed by atoms with Crippen LogP contribution in [0, 0.1) is 12.7 Å². The fourth-order valence-electron chi connectivity index (χ4n) is 3.12. The minimum atomic E-state index is -4.91. The molecule has 1 N–H and O–H groups in total. The van der Waals surface area contributed by atoms with Crippen molar-refractivity contribution >= 4 is 15.5 Å². The Bertz CT molecular complexity index is 1210. The van der Waals surface area contributed by atoms with E-state index in [9.17, 15) is 26.0 Å². The van der Waals surface area contributed by atoms with E-state index in [1.54, 1.807) is 0 Å². The number of aromatic nitrogens is 1. The van der Waals surface area contributed by atoms with E-state index in [-0.39, 0.29) is 21.8 Å². The van der Waals surface area contributed by atoms with Crippen molar-refractivity contribution in [1.82, 2.24) is 4.57 Å². The molecule has 2 aromatic carbocycles. The van der Waals surface area contributed by atoms with Gasteiger partial charge in [-0.1, -0.05) is 17.3 Å². The smallest absolute Gasteiger partial charge is 0.410 e. The van der Waals surface area contributed by atoms with E-state index >= 15 is 0 Å². The van der Waals surface area contributed by atoms with Gasteiger partial charge in [0.15, 0.2) is 15.5 Å². The Labute approximate surface area is 169 Å². The summed E-state index contributed by atoms with van der Waals surface area (Å²) in [4.78, 5) is 0.0518. The van der Waals surface area contributed by atoms with E-state index in [0.29, 0.717) is 11.3 Å². The molecular weight excluding hydrogens is 424 g/mol. The second kappa shape index (κ2) is 7.60. The molecule has 10 heteroatoms. The van der Waals surface area contributed by atoms with Gasteiger partial charge in [-0.3, -0.25) is 0 Å². The van der Waals surface area contributed by atoms with E-state index in [1.807, 2.05) is 0 Å². The van der Waals surface area contributed by atoms with Gasteiger partial charge in [-0.25, -0.2) is 12.8 Å². The van der Waals surface area contributed by atoms with Gasteiger partial charge < -0.3 is 9.77 Å². The van der Waals surface area contributed by atoms with Crippen LogP contribution in [0.5, 0.6) is 0 Å². The van der Waals surface area contributed by atoms with Crippen LogP contribution < -0.4 is 0 Å². The molecule has 30 heavy (non-hydrogen) atoms. The SMILES string of the molecule is Cc1c(/C(=N\O)C(F)(F)F)cc(-c2ccc(S(C)(=O)=O)cc2)n1-c1ccc(F)cc1.